The smallest absolute Gasteiger partial charge is 0.307 e. The van der Waals surface area contributed by atoms with Crippen LogP contribution in [0.15, 0.2) is 66.7 Å². The molecule has 0 amide bonds. The molecule has 1 aliphatic rings. The van der Waals surface area contributed by atoms with Gasteiger partial charge in [0.05, 0.1) is 6.42 Å². The van der Waals surface area contributed by atoms with E-state index in [2.05, 4.69) is 24.3 Å². The van der Waals surface area contributed by atoms with Crippen LogP contribution in [0, 0.1) is 5.92 Å². The van der Waals surface area contributed by atoms with Crippen LogP contribution in [-0.4, -0.2) is 11.1 Å². The zero-order chi connectivity index (χ0) is 20.9. The van der Waals surface area contributed by atoms with E-state index in [1.54, 1.807) is 0 Å². The molecule has 30 heavy (non-hydrogen) atoms. The van der Waals surface area contributed by atoms with Crippen molar-refractivity contribution in [1.82, 2.24) is 0 Å². The Morgan fingerprint density at radius 1 is 0.933 bits per heavy atom. The lowest BCUT2D eigenvalue weighted by molar-refractivity contribution is -0.136. The molecular weight excluding hydrogens is 374 g/mol. The summed E-state index contributed by atoms with van der Waals surface area (Å²) in [5.41, 5.74) is 12.1. The van der Waals surface area contributed by atoms with Crippen molar-refractivity contribution in [3.8, 4) is 16.9 Å². The third kappa shape index (κ3) is 5.28. The van der Waals surface area contributed by atoms with Crippen LogP contribution >= 0.6 is 0 Å². The molecule has 0 atom stereocenters. The minimum Gasteiger partial charge on any atom is -0.489 e. The lowest BCUT2D eigenvalue weighted by Gasteiger charge is -2.13. The molecule has 1 saturated carbocycles. The molecule has 0 unspecified atom stereocenters. The summed E-state index contributed by atoms with van der Waals surface area (Å²) in [4.78, 5) is 11.3. The highest BCUT2D eigenvalue weighted by molar-refractivity contribution is 5.71. The highest BCUT2D eigenvalue weighted by Gasteiger charge is 2.22. The number of carboxylic acid groups (broad SMARTS) is 1. The van der Waals surface area contributed by atoms with Gasteiger partial charge in [-0.25, -0.2) is 0 Å². The first-order valence-electron chi connectivity index (χ1n) is 10.5. The maximum absolute atomic E-state index is 11.3. The second kappa shape index (κ2) is 9.14. The van der Waals surface area contributed by atoms with Gasteiger partial charge in [-0.15, -0.1) is 0 Å². The van der Waals surface area contributed by atoms with Crippen molar-refractivity contribution in [3.63, 3.8) is 0 Å². The normalized spacial score (nSPS) is 13.2. The molecule has 0 saturated heterocycles. The first kappa shape index (κ1) is 20.2. The van der Waals surface area contributed by atoms with E-state index >= 15 is 0 Å². The quantitative estimate of drug-likeness (QED) is 0.531. The summed E-state index contributed by atoms with van der Waals surface area (Å²) >= 11 is 0. The Bertz CT molecular complexity index is 1040. The molecule has 0 heterocycles. The number of rotatable bonds is 9. The lowest BCUT2D eigenvalue weighted by atomic mass is 10.0. The van der Waals surface area contributed by atoms with Gasteiger partial charge in [0.15, 0.2) is 0 Å². The zero-order valence-corrected chi connectivity index (χ0v) is 17.0. The van der Waals surface area contributed by atoms with Crippen LogP contribution in [0.2, 0.25) is 0 Å². The molecule has 4 nitrogen and oxygen atoms in total. The summed E-state index contributed by atoms with van der Waals surface area (Å²) in [6.07, 6.45) is 3.57. The van der Waals surface area contributed by atoms with E-state index in [-0.39, 0.29) is 6.42 Å². The molecule has 3 aromatic rings. The molecule has 0 bridgehead atoms. The molecule has 0 spiro atoms. The van der Waals surface area contributed by atoms with Gasteiger partial charge < -0.3 is 15.6 Å². The van der Waals surface area contributed by atoms with E-state index in [0.717, 1.165) is 34.6 Å². The SMILES string of the molecule is NCc1cccc(-c2cccc(COc3cc(CC4CC4)ccc3CC(=O)O)c2)c1. The summed E-state index contributed by atoms with van der Waals surface area (Å²) in [6.45, 7) is 0.907. The van der Waals surface area contributed by atoms with Crippen LogP contribution in [0.4, 0.5) is 0 Å². The Hall–Kier alpha value is -3.11. The van der Waals surface area contributed by atoms with Gasteiger partial charge in [-0.2, -0.15) is 0 Å². The fourth-order valence-corrected chi connectivity index (χ4v) is 3.70. The summed E-state index contributed by atoms with van der Waals surface area (Å²) < 4.78 is 6.12. The van der Waals surface area contributed by atoms with Crippen molar-refractivity contribution in [1.29, 1.82) is 0 Å². The first-order valence-corrected chi connectivity index (χ1v) is 10.5. The van der Waals surface area contributed by atoms with Crippen LogP contribution in [0.1, 0.15) is 35.1 Å². The highest BCUT2D eigenvalue weighted by Crippen LogP contribution is 2.34. The number of nitrogens with two attached hydrogens (primary N) is 1. The molecule has 0 aromatic heterocycles. The number of hydrogen-bond acceptors (Lipinski definition) is 3. The molecule has 4 rings (SSSR count). The van der Waals surface area contributed by atoms with E-state index in [9.17, 15) is 9.90 Å². The third-order valence-corrected chi connectivity index (χ3v) is 5.51. The van der Waals surface area contributed by atoms with Crippen LogP contribution in [-0.2, 0) is 30.8 Å². The van der Waals surface area contributed by atoms with E-state index < -0.39 is 5.97 Å². The van der Waals surface area contributed by atoms with E-state index in [0.29, 0.717) is 24.5 Å². The number of carbonyl (C=O) groups is 1. The Balaban J connectivity index is 1.52. The average molecular weight is 402 g/mol. The topological polar surface area (TPSA) is 72.5 Å². The zero-order valence-electron chi connectivity index (χ0n) is 17.0. The summed E-state index contributed by atoms with van der Waals surface area (Å²) in [5.74, 6) is 0.590. The van der Waals surface area contributed by atoms with Gasteiger partial charge in [0, 0.05) is 12.1 Å². The molecule has 0 radical (unpaired) electrons. The van der Waals surface area contributed by atoms with Gasteiger partial charge in [0.2, 0.25) is 0 Å². The van der Waals surface area contributed by atoms with Crippen molar-refractivity contribution in [2.24, 2.45) is 11.7 Å². The number of hydrogen-bond donors (Lipinski definition) is 2. The van der Waals surface area contributed by atoms with E-state index in [1.165, 1.54) is 18.4 Å². The van der Waals surface area contributed by atoms with Crippen molar-refractivity contribution >= 4 is 5.97 Å². The number of ether oxygens (including phenoxy) is 1. The number of carboxylic acids is 1. The Kier molecular flexibility index (Phi) is 6.15. The molecule has 4 heteroatoms. The second-order valence-electron chi connectivity index (χ2n) is 8.05. The second-order valence-corrected chi connectivity index (χ2v) is 8.05. The third-order valence-electron chi connectivity index (χ3n) is 5.51. The van der Waals surface area contributed by atoms with Crippen molar-refractivity contribution in [2.45, 2.75) is 38.8 Å². The summed E-state index contributed by atoms with van der Waals surface area (Å²) in [6, 6.07) is 22.4. The number of benzene rings is 3. The predicted octanol–water partition coefficient (Wildman–Crippen LogP) is 4.97. The van der Waals surface area contributed by atoms with Gasteiger partial charge in [0.1, 0.15) is 12.4 Å². The van der Waals surface area contributed by atoms with Gasteiger partial charge in [-0.3, -0.25) is 4.79 Å². The van der Waals surface area contributed by atoms with E-state index in [4.69, 9.17) is 10.5 Å². The summed E-state index contributed by atoms with van der Waals surface area (Å²) in [7, 11) is 0. The lowest BCUT2D eigenvalue weighted by Crippen LogP contribution is -2.05. The maximum Gasteiger partial charge on any atom is 0.307 e. The summed E-state index contributed by atoms with van der Waals surface area (Å²) in [5, 5.41) is 9.24. The molecular formula is C26H27NO3. The Morgan fingerprint density at radius 3 is 2.30 bits per heavy atom. The average Bonchev–Trinajstić information content (AvgIpc) is 3.57. The van der Waals surface area contributed by atoms with Crippen molar-refractivity contribution < 1.29 is 14.6 Å². The Morgan fingerprint density at radius 2 is 1.63 bits per heavy atom. The molecule has 3 aromatic carbocycles. The fraction of sp³-hybridized carbons (Fsp3) is 0.269. The maximum atomic E-state index is 11.3. The van der Waals surface area contributed by atoms with Crippen LogP contribution in [0.5, 0.6) is 5.75 Å². The Labute approximate surface area is 177 Å². The van der Waals surface area contributed by atoms with Crippen molar-refractivity contribution in [2.75, 3.05) is 0 Å². The number of aliphatic carboxylic acids is 1. The first-order chi connectivity index (χ1) is 14.6. The van der Waals surface area contributed by atoms with E-state index in [1.807, 2.05) is 42.5 Å². The molecule has 3 N–H and O–H groups in total. The minimum absolute atomic E-state index is 0.0367. The van der Waals surface area contributed by atoms with Gasteiger partial charge in [-0.1, -0.05) is 48.5 Å². The van der Waals surface area contributed by atoms with Crippen LogP contribution in [0.25, 0.3) is 11.1 Å². The highest BCUT2D eigenvalue weighted by atomic mass is 16.5. The van der Waals surface area contributed by atoms with Gasteiger partial charge >= 0.3 is 5.97 Å². The van der Waals surface area contributed by atoms with Crippen LogP contribution < -0.4 is 10.5 Å². The fourth-order valence-electron chi connectivity index (χ4n) is 3.70. The monoisotopic (exact) mass is 401 g/mol. The van der Waals surface area contributed by atoms with Crippen molar-refractivity contribution in [3.05, 3.63) is 89.0 Å². The van der Waals surface area contributed by atoms with Gasteiger partial charge in [-0.05, 0) is 71.2 Å². The molecule has 1 aliphatic carbocycles. The largest absolute Gasteiger partial charge is 0.489 e. The predicted molar refractivity (Wildman–Crippen MR) is 118 cm³/mol. The molecule has 1 fully saturated rings. The molecule has 154 valence electrons. The van der Waals surface area contributed by atoms with Crippen LogP contribution in [0.3, 0.4) is 0 Å². The minimum atomic E-state index is -0.850. The molecule has 0 aliphatic heterocycles. The standard InChI is InChI=1S/C26H27NO3/c27-16-20-3-1-5-22(12-20)23-6-2-4-21(13-23)17-30-25-14-19(11-18-7-8-18)9-10-24(25)15-26(28)29/h1-6,9-10,12-14,18H,7-8,11,15-17,27H2,(H,28,29). The van der Waals surface area contributed by atoms with Gasteiger partial charge in [0.25, 0.3) is 0 Å².